The fourth-order valence-electron chi connectivity index (χ4n) is 6.15. The standard InChI is InChI=1S/3C14H8O2.C3H8O2.C2H6O.C2H6/c3*15-13-9-5-1-2-6-10(9)14(16)12-8-4-3-7-11(12)13;1-3(2)5-4;1-3-2;1-2/h3*1-8H;3-4H,1-2H3;1-2H3;1-2H3. The van der Waals surface area contributed by atoms with Crippen molar-refractivity contribution in [1.82, 2.24) is 0 Å². The lowest BCUT2D eigenvalue weighted by molar-refractivity contribution is -0.269. The summed E-state index contributed by atoms with van der Waals surface area (Å²) in [6.07, 6.45) is -0.0602. The number of fused-ring (bicyclic) bond motifs is 6. The summed E-state index contributed by atoms with van der Waals surface area (Å²) in [7, 11) is 3.25. The topological polar surface area (TPSA) is 141 Å². The molecule has 0 amide bonds. The molecule has 9 heteroatoms. The Balaban J connectivity index is 0.000000173. The van der Waals surface area contributed by atoms with Crippen LogP contribution in [0.1, 0.15) is 123 Å². The Kier molecular flexibility index (Phi) is 15.9. The maximum Gasteiger partial charge on any atom is 0.194 e. The second kappa shape index (κ2) is 20.9. The smallest absolute Gasteiger partial charge is 0.194 e. The molecule has 0 radical (unpaired) electrons. The highest BCUT2D eigenvalue weighted by Gasteiger charge is 2.30. The summed E-state index contributed by atoms with van der Waals surface area (Å²) in [5.41, 5.74) is 6.07. The van der Waals surface area contributed by atoms with Crippen LogP contribution in [0, 0.1) is 0 Å². The number of carbonyl (C=O) groups is 6. The molecule has 0 bridgehead atoms. The van der Waals surface area contributed by atoms with Gasteiger partial charge in [0.15, 0.2) is 34.7 Å². The molecule has 58 heavy (non-hydrogen) atoms. The first-order valence-electron chi connectivity index (χ1n) is 18.6. The molecule has 0 saturated heterocycles. The third kappa shape index (κ3) is 9.59. The van der Waals surface area contributed by atoms with Crippen molar-refractivity contribution in [2.45, 2.75) is 33.8 Å². The molecule has 0 atom stereocenters. The third-order valence-corrected chi connectivity index (χ3v) is 8.71. The summed E-state index contributed by atoms with van der Waals surface area (Å²) in [5.74, 6) is -0.384. The van der Waals surface area contributed by atoms with Crippen LogP contribution in [0.15, 0.2) is 146 Å². The Morgan fingerprint density at radius 3 is 0.483 bits per heavy atom. The second-order valence-electron chi connectivity index (χ2n) is 12.8. The zero-order valence-electron chi connectivity index (χ0n) is 33.1. The van der Waals surface area contributed by atoms with Gasteiger partial charge in [-0.2, -0.15) is 0 Å². The minimum Gasteiger partial charge on any atom is -0.388 e. The van der Waals surface area contributed by atoms with Gasteiger partial charge in [-0.1, -0.05) is 159 Å². The van der Waals surface area contributed by atoms with Crippen molar-refractivity contribution in [3.8, 4) is 0 Å². The molecule has 0 fully saturated rings. The summed E-state index contributed by atoms with van der Waals surface area (Å²) in [6.45, 7) is 7.50. The average Bonchev–Trinajstić information content (AvgIpc) is 3.28. The highest BCUT2D eigenvalue weighted by atomic mass is 17.1. The van der Waals surface area contributed by atoms with Gasteiger partial charge in [0, 0.05) is 81.0 Å². The van der Waals surface area contributed by atoms with E-state index in [2.05, 4.69) is 9.62 Å². The van der Waals surface area contributed by atoms with Gasteiger partial charge in [-0.25, -0.2) is 4.89 Å². The van der Waals surface area contributed by atoms with E-state index < -0.39 is 0 Å². The van der Waals surface area contributed by atoms with Gasteiger partial charge in [0.2, 0.25) is 0 Å². The van der Waals surface area contributed by atoms with Crippen LogP contribution < -0.4 is 0 Å². The first-order chi connectivity index (χ1) is 28.0. The highest BCUT2D eigenvalue weighted by Crippen LogP contribution is 2.29. The number of hydrogen-bond acceptors (Lipinski definition) is 9. The van der Waals surface area contributed by atoms with Crippen molar-refractivity contribution < 1.29 is 43.6 Å². The predicted molar refractivity (Wildman–Crippen MR) is 222 cm³/mol. The van der Waals surface area contributed by atoms with E-state index in [-0.39, 0.29) is 40.8 Å². The van der Waals surface area contributed by atoms with E-state index in [0.29, 0.717) is 66.8 Å². The SMILES string of the molecule is CC.CC(C)OO.COC.O=C1c2ccccc2C(=O)c2ccccc21.O=C1c2ccccc2C(=O)c2ccccc21.O=C1c2ccccc2C(=O)c2ccccc21. The summed E-state index contributed by atoms with van der Waals surface area (Å²) in [6, 6.07) is 41.7. The maximum atomic E-state index is 12.1. The van der Waals surface area contributed by atoms with Gasteiger partial charge in [0.1, 0.15) is 0 Å². The molecular formula is C49H44O9. The van der Waals surface area contributed by atoms with Crippen LogP contribution in [0.4, 0.5) is 0 Å². The molecule has 0 saturated carbocycles. The maximum absolute atomic E-state index is 12.1. The normalized spacial score (nSPS) is 12.2. The molecule has 0 spiro atoms. The minimum absolute atomic E-state index is 0.0602. The molecule has 0 aliphatic heterocycles. The zero-order chi connectivity index (χ0) is 42.4. The number of hydrogen-bond donors (Lipinski definition) is 1. The number of methoxy groups -OCH3 is 1. The van der Waals surface area contributed by atoms with Crippen molar-refractivity contribution in [2.24, 2.45) is 0 Å². The summed E-state index contributed by atoms with van der Waals surface area (Å²) in [4.78, 5) is 76.4. The molecule has 6 aromatic carbocycles. The van der Waals surface area contributed by atoms with Crippen LogP contribution in [0.3, 0.4) is 0 Å². The average molecular weight is 777 g/mol. The Hall–Kier alpha value is -6.78. The van der Waals surface area contributed by atoms with Crippen LogP contribution >= 0.6 is 0 Å². The second-order valence-corrected chi connectivity index (χ2v) is 12.8. The molecule has 6 aromatic rings. The molecule has 3 aliphatic carbocycles. The van der Waals surface area contributed by atoms with E-state index in [0.717, 1.165) is 0 Å². The molecule has 0 unspecified atom stereocenters. The first-order valence-corrected chi connectivity index (χ1v) is 18.6. The van der Waals surface area contributed by atoms with Crippen LogP contribution in [0.5, 0.6) is 0 Å². The van der Waals surface area contributed by atoms with Gasteiger partial charge in [0.25, 0.3) is 0 Å². The largest absolute Gasteiger partial charge is 0.388 e. The molecule has 1 N–H and O–H groups in total. The quantitative estimate of drug-likeness (QED) is 0.127. The fourth-order valence-corrected chi connectivity index (χ4v) is 6.15. The number of benzene rings is 6. The van der Waals surface area contributed by atoms with Crippen molar-refractivity contribution in [1.29, 1.82) is 0 Å². The van der Waals surface area contributed by atoms with Gasteiger partial charge < -0.3 is 4.74 Å². The van der Waals surface area contributed by atoms with Crippen LogP contribution in [-0.4, -0.2) is 60.3 Å². The summed E-state index contributed by atoms with van der Waals surface area (Å²) >= 11 is 0. The lowest BCUT2D eigenvalue weighted by Crippen LogP contribution is -2.20. The number of carbonyl (C=O) groups excluding carboxylic acids is 6. The predicted octanol–water partition coefficient (Wildman–Crippen LogP) is 9.56. The number of ether oxygens (including phenoxy) is 1. The highest BCUT2D eigenvalue weighted by molar-refractivity contribution is 6.30. The molecule has 294 valence electrons. The lowest BCUT2D eigenvalue weighted by atomic mass is 9.84. The summed E-state index contributed by atoms with van der Waals surface area (Å²) in [5, 5.41) is 7.64. The van der Waals surface area contributed by atoms with Gasteiger partial charge >= 0.3 is 0 Å². The van der Waals surface area contributed by atoms with E-state index in [1.807, 2.05) is 13.8 Å². The van der Waals surface area contributed by atoms with Crippen LogP contribution in [0.2, 0.25) is 0 Å². The van der Waals surface area contributed by atoms with Crippen molar-refractivity contribution in [3.05, 3.63) is 212 Å². The Bertz CT molecular complexity index is 1880. The Morgan fingerprint density at radius 2 is 0.414 bits per heavy atom. The van der Waals surface area contributed by atoms with Crippen molar-refractivity contribution in [2.75, 3.05) is 14.2 Å². The molecular weight excluding hydrogens is 733 g/mol. The lowest BCUT2D eigenvalue weighted by Gasteiger charge is -2.16. The molecule has 9 nitrogen and oxygen atoms in total. The number of rotatable bonds is 1. The van der Waals surface area contributed by atoms with Gasteiger partial charge in [-0.05, 0) is 13.8 Å². The van der Waals surface area contributed by atoms with E-state index >= 15 is 0 Å². The van der Waals surface area contributed by atoms with Crippen LogP contribution in [0.25, 0.3) is 0 Å². The fraction of sp³-hybridized carbons (Fsp3) is 0.143. The van der Waals surface area contributed by atoms with E-state index in [1.54, 1.807) is 174 Å². The monoisotopic (exact) mass is 776 g/mol. The van der Waals surface area contributed by atoms with E-state index in [1.165, 1.54) is 0 Å². The summed E-state index contributed by atoms with van der Waals surface area (Å²) < 4.78 is 4.25. The third-order valence-electron chi connectivity index (χ3n) is 8.71. The Morgan fingerprint density at radius 1 is 0.328 bits per heavy atom. The van der Waals surface area contributed by atoms with Crippen LogP contribution in [-0.2, 0) is 9.62 Å². The van der Waals surface area contributed by atoms with E-state index in [9.17, 15) is 28.8 Å². The van der Waals surface area contributed by atoms with Gasteiger partial charge in [0.05, 0.1) is 6.10 Å². The number of ketones is 6. The van der Waals surface area contributed by atoms with Crippen molar-refractivity contribution >= 4 is 34.7 Å². The minimum atomic E-state index is -0.0641. The Labute approximate surface area is 337 Å². The molecule has 0 aromatic heterocycles. The molecule has 9 rings (SSSR count). The van der Waals surface area contributed by atoms with Crippen molar-refractivity contribution in [3.63, 3.8) is 0 Å². The van der Waals surface area contributed by atoms with Gasteiger partial charge in [-0.15, -0.1) is 0 Å². The molecule has 3 aliphatic rings. The first kappa shape index (κ1) is 43.9. The molecule has 0 heterocycles. The zero-order valence-corrected chi connectivity index (χ0v) is 33.1. The van der Waals surface area contributed by atoms with Gasteiger partial charge in [-0.3, -0.25) is 34.0 Å². The van der Waals surface area contributed by atoms with E-state index in [4.69, 9.17) is 5.26 Å².